The lowest BCUT2D eigenvalue weighted by atomic mass is 10.2. The van der Waals surface area contributed by atoms with Crippen LogP contribution in [0.4, 0.5) is 0 Å². The van der Waals surface area contributed by atoms with E-state index in [0.29, 0.717) is 12.1 Å². The first-order valence-electron chi connectivity index (χ1n) is 8.75. The number of amides is 1. The number of carbonyl (C=O) groups excluding carboxylic acids is 1. The first-order valence-corrected chi connectivity index (χ1v) is 9.74. The number of thioether (sulfide) groups is 1. The minimum Gasteiger partial charge on any atom is -0.345 e. The van der Waals surface area contributed by atoms with Gasteiger partial charge in [-0.3, -0.25) is 9.36 Å². The maximum atomic E-state index is 12.3. The lowest BCUT2D eigenvalue weighted by molar-refractivity contribution is 0.0949. The monoisotopic (exact) mass is 366 g/mol. The molecule has 0 unspecified atom stereocenters. The van der Waals surface area contributed by atoms with Crippen LogP contribution in [-0.4, -0.2) is 26.4 Å². The Morgan fingerprint density at radius 2 is 1.73 bits per heavy atom. The van der Waals surface area contributed by atoms with Crippen molar-refractivity contribution in [3.63, 3.8) is 0 Å². The van der Waals surface area contributed by atoms with E-state index in [1.54, 1.807) is 23.9 Å². The normalized spacial score (nSPS) is 10.7. The van der Waals surface area contributed by atoms with Crippen LogP contribution in [0.15, 0.2) is 65.8 Å². The van der Waals surface area contributed by atoms with E-state index >= 15 is 0 Å². The van der Waals surface area contributed by atoms with Crippen molar-refractivity contribution >= 4 is 17.7 Å². The summed E-state index contributed by atoms with van der Waals surface area (Å²) in [6.07, 6.45) is 2.28. The summed E-state index contributed by atoms with van der Waals surface area (Å²) >= 11 is 1.69. The van der Waals surface area contributed by atoms with Crippen molar-refractivity contribution < 1.29 is 4.79 Å². The molecular formula is C20H22N4OS. The molecule has 26 heavy (non-hydrogen) atoms. The SMILES string of the molecule is CCCCSc1nnc(CNC(=O)c2ccccc2)n1-c1ccccc1. The van der Waals surface area contributed by atoms with Crippen LogP contribution in [0.25, 0.3) is 5.69 Å². The lowest BCUT2D eigenvalue weighted by Crippen LogP contribution is -2.24. The van der Waals surface area contributed by atoms with Gasteiger partial charge in [0.1, 0.15) is 0 Å². The van der Waals surface area contributed by atoms with E-state index in [0.717, 1.165) is 35.3 Å². The third-order valence-corrected chi connectivity index (χ3v) is 4.90. The van der Waals surface area contributed by atoms with Crippen molar-refractivity contribution in [3.8, 4) is 5.69 Å². The first-order chi connectivity index (χ1) is 12.8. The van der Waals surface area contributed by atoms with Gasteiger partial charge in [-0.05, 0) is 30.7 Å². The molecule has 0 saturated carbocycles. The van der Waals surface area contributed by atoms with Crippen LogP contribution >= 0.6 is 11.8 Å². The third-order valence-electron chi connectivity index (χ3n) is 3.89. The number of unbranched alkanes of at least 4 members (excludes halogenated alkanes) is 1. The van der Waals surface area contributed by atoms with E-state index in [1.807, 2.05) is 53.1 Å². The summed E-state index contributed by atoms with van der Waals surface area (Å²) in [7, 11) is 0. The van der Waals surface area contributed by atoms with Crippen LogP contribution in [0.3, 0.4) is 0 Å². The first kappa shape index (κ1) is 18.2. The largest absolute Gasteiger partial charge is 0.345 e. The summed E-state index contributed by atoms with van der Waals surface area (Å²) in [4.78, 5) is 12.3. The predicted molar refractivity (Wildman–Crippen MR) is 105 cm³/mol. The smallest absolute Gasteiger partial charge is 0.251 e. The molecule has 0 spiro atoms. The van der Waals surface area contributed by atoms with Gasteiger partial charge in [-0.1, -0.05) is 61.5 Å². The molecule has 3 aromatic rings. The summed E-state index contributed by atoms with van der Waals surface area (Å²) in [6, 6.07) is 19.2. The second kappa shape index (κ2) is 9.20. The fourth-order valence-electron chi connectivity index (χ4n) is 2.50. The van der Waals surface area contributed by atoms with Crippen LogP contribution in [0.2, 0.25) is 0 Å². The highest BCUT2D eigenvalue weighted by Crippen LogP contribution is 2.23. The number of aromatic nitrogens is 3. The number of nitrogens with one attached hydrogen (secondary N) is 1. The number of nitrogens with zero attached hydrogens (tertiary/aromatic N) is 3. The summed E-state index contributed by atoms with van der Waals surface area (Å²) in [6.45, 7) is 2.50. The zero-order chi connectivity index (χ0) is 18.2. The molecule has 0 fully saturated rings. The highest BCUT2D eigenvalue weighted by atomic mass is 32.2. The van der Waals surface area contributed by atoms with Crippen molar-refractivity contribution in [2.75, 3.05) is 5.75 Å². The molecule has 1 heterocycles. The van der Waals surface area contributed by atoms with Gasteiger partial charge < -0.3 is 5.32 Å². The van der Waals surface area contributed by atoms with Crippen LogP contribution in [0, 0.1) is 0 Å². The molecule has 0 saturated heterocycles. The number of carbonyl (C=O) groups is 1. The molecular weight excluding hydrogens is 344 g/mol. The van der Waals surface area contributed by atoms with Gasteiger partial charge in [-0.2, -0.15) is 0 Å². The summed E-state index contributed by atoms with van der Waals surface area (Å²) in [5.74, 6) is 1.60. The van der Waals surface area contributed by atoms with Crippen molar-refractivity contribution in [1.82, 2.24) is 20.1 Å². The predicted octanol–water partition coefficient (Wildman–Crippen LogP) is 4.09. The number of hydrogen-bond donors (Lipinski definition) is 1. The zero-order valence-electron chi connectivity index (χ0n) is 14.8. The quantitative estimate of drug-likeness (QED) is 0.482. The molecule has 0 atom stereocenters. The molecule has 5 nitrogen and oxygen atoms in total. The number of hydrogen-bond acceptors (Lipinski definition) is 4. The minimum absolute atomic E-state index is 0.117. The average molecular weight is 366 g/mol. The van der Waals surface area contributed by atoms with Crippen LogP contribution < -0.4 is 5.32 Å². The Bertz CT molecular complexity index is 834. The second-order valence-corrected chi connectivity index (χ2v) is 6.88. The summed E-state index contributed by atoms with van der Waals surface area (Å²) < 4.78 is 2.02. The molecule has 0 aliphatic rings. The van der Waals surface area contributed by atoms with Crippen molar-refractivity contribution in [1.29, 1.82) is 0 Å². The van der Waals surface area contributed by atoms with E-state index < -0.39 is 0 Å². The van der Waals surface area contributed by atoms with Crippen molar-refractivity contribution in [3.05, 3.63) is 72.1 Å². The van der Waals surface area contributed by atoms with E-state index in [9.17, 15) is 4.79 Å². The Morgan fingerprint density at radius 3 is 2.42 bits per heavy atom. The summed E-state index contributed by atoms with van der Waals surface area (Å²) in [5.41, 5.74) is 1.64. The number of benzene rings is 2. The van der Waals surface area contributed by atoms with Crippen molar-refractivity contribution in [2.24, 2.45) is 0 Å². The minimum atomic E-state index is -0.117. The van der Waals surface area contributed by atoms with Gasteiger partial charge in [-0.25, -0.2) is 0 Å². The molecule has 0 bridgehead atoms. The average Bonchev–Trinajstić information content (AvgIpc) is 3.10. The molecule has 0 radical (unpaired) electrons. The fourth-order valence-corrected chi connectivity index (χ4v) is 3.56. The van der Waals surface area contributed by atoms with Gasteiger partial charge >= 0.3 is 0 Å². The van der Waals surface area contributed by atoms with Crippen LogP contribution in [-0.2, 0) is 6.54 Å². The van der Waals surface area contributed by atoms with E-state index in [-0.39, 0.29) is 5.91 Å². The highest BCUT2D eigenvalue weighted by Gasteiger charge is 2.15. The molecule has 0 aliphatic heterocycles. The second-order valence-electron chi connectivity index (χ2n) is 5.82. The molecule has 1 aromatic heterocycles. The van der Waals surface area contributed by atoms with Gasteiger partial charge in [0.05, 0.1) is 6.54 Å². The van der Waals surface area contributed by atoms with Gasteiger partial charge in [0.15, 0.2) is 11.0 Å². The molecule has 3 rings (SSSR count). The maximum absolute atomic E-state index is 12.3. The Morgan fingerprint density at radius 1 is 1.04 bits per heavy atom. The summed E-state index contributed by atoms with van der Waals surface area (Å²) in [5, 5.41) is 12.4. The van der Waals surface area contributed by atoms with Gasteiger partial charge in [0.2, 0.25) is 0 Å². The fraction of sp³-hybridized carbons (Fsp3) is 0.250. The molecule has 1 N–H and O–H groups in total. The maximum Gasteiger partial charge on any atom is 0.251 e. The van der Waals surface area contributed by atoms with E-state index in [4.69, 9.17) is 0 Å². The molecule has 1 amide bonds. The highest BCUT2D eigenvalue weighted by molar-refractivity contribution is 7.99. The number of rotatable bonds is 8. The standard InChI is InChI=1S/C20H22N4OS/c1-2-3-14-26-20-23-22-18(24(20)17-12-8-5-9-13-17)15-21-19(25)16-10-6-4-7-11-16/h4-13H,2-3,14-15H2,1H3,(H,21,25). The Balaban J connectivity index is 1.79. The topological polar surface area (TPSA) is 59.8 Å². The lowest BCUT2D eigenvalue weighted by Gasteiger charge is -2.11. The Labute approximate surface area is 157 Å². The number of para-hydroxylation sites is 1. The molecule has 134 valence electrons. The van der Waals surface area contributed by atoms with E-state index in [2.05, 4.69) is 22.4 Å². The zero-order valence-corrected chi connectivity index (χ0v) is 15.6. The van der Waals surface area contributed by atoms with Gasteiger partial charge in [-0.15, -0.1) is 10.2 Å². The Kier molecular flexibility index (Phi) is 6.44. The van der Waals surface area contributed by atoms with Crippen LogP contribution in [0.1, 0.15) is 35.9 Å². The van der Waals surface area contributed by atoms with Crippen LogP contribution in [0.5, 0.6) is 0 Å². The van der Waals surface area contributed by atoms with E-state index in [1.165, 1.54) is 0 Å². The van der Waals surface area contributed by atoms with Gasteiger partial charge in [0.25, 0.3) is 5.91 Å². The Hall–Kier alpha value is -2.60. The molecule has 2 aromatic carbocycles. The van der Waals surface area contributed by atoms with Crippen molar-refractivity contribution in [2.45, 2.75) is 31.5 Å². The molecule has 0 aliphatic carbocycles. The van der Waals surface area contributed by atoms with Gasteiger partial charge in [0, 0.05) is 17.0 Å². The third kappa shape index (κ3) is 4.52. The molecule has 6 heteroatoms.